The summed E-state index contributed by atoms with van der Waals surface area (Å²) in [5.41, 5.74) is 6.49. The van der Waals surface area contributed by atoms with Gasteiger partial charge in [0.15, 0.2) is 0 Å². The second kappa shape index (κ2) is 6.48. The first-order valence-corrected chi connectivity index (χ1v) is 5.47. The minimum absolute atomic E-state index is 0.321. The summed E-state index contributed by atoms with van der Waals surface area (Å²) in [5, 5.41) is 9.57. The molecular weight excluding hydrogens is 220 g/mol. The molecule has 0 bridgehead atoms. The van der Waals surface area contributed by atoms with Gasteiger partial charge in [0.1, 0.15) is 11.6 Å². The van der Waals surface area contributed by atoms with E-state index in [2.05, 4.69) is 9.97 Å². The third-order valence-corrected chi connectivity index (χ3v) is 2.21. The van der Waals surface area contributed by atoms with Gasteiger partial charge in [-0.1, -0.05) is 0 Å². The standard InChI is InChI=1S/C11H20N4O2/c1-8-4-10(12)14-11(13-8)6-15(2)5-9(16)7-17-3/h4,9,16H,5-7H2,1-3H3,(H2,12,13,14). The molecular formula is C11H20N4O2. The van der Waals surface area contributed by atoms with Gasteiger partial charge < -0.3 is 15.6 Å². The van der Waals surface area contributed by atoms with E-state index in [1.807, 2.05) is 18.9 Å². The number of methoxy groups -OCH3 is 1. The Hall–Kier alpha value is -1.24. The second-order valence-corrected chi connectivity index (χ2v) is 4.16. The van der Waals surface area contributed by atoms with Crippen LogP contribution in [0.2, 0.25) is 0 Å². The Morgan fingerprint density at radius 2 is 2.24 bits per heavy atom. The van der Waals surface area contributed by atoms with Gasteiger partial charge in [-0.25, -0.2) is 9.97 Å². The Kier molecular flexibility index (Phi) is 5.27. The molecule has 0 saturated carbocycles. The first-order valence-electron chi connectivity index (χ1n) is 5.47. The van der Waals surface area contributed by atoms with Crippen molar-refractivity contribution in [2.75, 3.05) is 33.0 Å². The van der Waals surface area contributed by atoms with Crippen molar-refractivity contribution in [3.8, 4) is 0 Å². The minimum Gasteiger partial charge on any atom is -0.389 e. The lowest BCUT2D eigenvalue weighted by atomic mass is 10.3. The van der Waals surface area contributed by atoms with Gasteiger partial charge in [-0.05, 0) is 14.0 Å². The maximum Gasteiger partial charge on any atom is 0.144 e. The number of hydrogen-bond donors (Lipinski definition) is 2. The van der Waals surface area contributed by atoms with Crippen LogP contribution in [0.25, 0.3) is 0 Å². The molecule has 1 aromatic rings. The molecule has 0 spiro atoms. The zero-order chi connectivity index (χ0) is 12.8. The number of rotatable bonds is 6. The van der Waals surface area contributed by atoms with Crippen LogP contribution in [0.1, 0.15) is 11.5 Å². The summed E-state index contributed by atoms with van der Waals surface area (Å²) in [6.45, 7) is 3.25. The molecule has 1 aromatic heterocycles. The molecule has 0 amide bonds. The second-order valence-electron chi connectivity index (χ2n) is 4.16. The summed E-state index contributed by atoms with van der Waals surface area (Å²) in [4.78, 5) is 10.3. The number of nitrogens with two attached hydrogens (primary N) is 1. The van der Waals surface area contributed by atoms with Gasteiger partial charge in [0.05, 0.1) is 19.3 Å². The fourth-order valence-electron chi connectivity index (χ4n) is 1.64. The topological polar surface area (TPSA) is 84.5 Å². The highest BCUT2D eigenvalue weighted by Crippen LogP contribution is 2.04. The van der Waals surface area contributed by atoms with Crippen molar-refractivity contribution in [2.24, 2.45) is 0 Å². The molecule has 0 radical (unpaired) electrons. The van der Waals surface area contributed by atoms with E-state index in [1.54, 1.807) is 13.2 Å². The highest BCUT2D eigenvalue weighted by Gasteiger charge is 2.10. The van der Waals surface area contributed by atoms with Crippen LogP contribution >= 0.6 is 0 Å². The summed E-state index contributed by atoms with van der Waals surface area (Å²) in [6, 6.07) is 1.73. The van der Waals surface area contributed by atoms with Gasteiger partial charge in [0.25, 0.3) is 0 Å². The Bertz CT molecular complexity index is 339. The van der Waals surface area contributed by atoms with E-state index in [4.69, 9.17) is 10.5 Å². The van der Waals surface area contributed by atoms with Crippen LogP contribution in [0, 0.1) is 6.92 Å². The fraction of sp³-hybridized carbons (Fsp3) is 0.636. The molecule has 1 heterocycles. The van der Waals surface area contributed by atoms with Gasteiger partial charge in [0.2, 0.25) is 0 Å². The van der Waals surface area contributed by atoms with Crippen LogP contribution in [0.3, 0.4) is 0 Å². The number of aromatic nitrogens is 2. The van der Waals surface area contributed by atoms with E-state index >= 15 is 0 Å². The molecule has 6 nitrogen and oxygen atoms in total. The molecule has 1 rings (SSSR count). The fourth-order valence-corrected chi connectivity index (χ4v) is 1.64. The summed E-state index contributed by atoms with van der Waals surface area (Å²) >= 11 is 0. The predicted octanol–water partition coefficient (Wildman–Crippen LogP) is -0.194. The monoisotopic (exact) mass is 240 g/mol. The van der Waals surface area contributed by atoms with Gasteiger partial charge in [-0.2, -0.15) is 0 Å². The summed E-state index contributed by atoms with van der Waals surface area (Å²) in [5.74, 6) is 1.13. The van der Waals surface area contributed by atoms with Crippen LogP contribution < -0.4 is 5.73 Å². The van der Waals surface area contributed by atoms with E-state index in [9.17, 15) is 5.11 Å². The number of aliphatic hydroxyl groups is 1. The molecule has 0 aliphatic carbocycles. The number of likely N-dealkylation sites (N-methyl/N-ethyl adjacent to an activating group) is 1. The zero-order valence-corrected chi connectivity index (χ0v) is 10.6. The molecule has 3 N–H and O–H groups in total. The minimum atomic E-state index is -0.507. The van der Waals surface area contributed by atoms with Crippen molar-refractivity contribution in [1.29, 1.82) is 0 Å². The lowest BCUT2D eigenvalue weighted by Gasteiger charge is -2.19. The number of nitrogens with zero attached hydrogens (tertiary/aromatic N) is 3. The van der Waals surface area contributed by atoms with E-state index < -0.39 is 6.10 Å². The average Bonchev–Trinajstić information content (AvgIpc) is 2.14. The van der Waals surface area contributed by atoms with Crippen LogP contribution in [0.4, 0.5) is 5.82 Å². The zero-order valence-electron chi connectivity index (χ0n) is 10.6. The SMILES string of the molecule is COCC(O)CN(C)Cc1nc(C)cc(N)n1. The third kappa shape index (κ3) is 5.08. The van der Waals surface area contributed by atoms with E-state index in [1.165, 1.54) is 0 Å². The number of nitrogen functional groups attached to an aromatic ring is 1. The van der Waals surface area contributed by atoms with Crippen molar-refractivity contribution in [2.45, 2.75) is 19.6 Å². The number of ether oxygens (including phenoxy) is 1. The number of aryl methyl sites for hydroxylation is 1. The van der Waals surface area contributed by atoms with Gasteiger partial charge in [0, 0.05) is 25.4 Å². The maximum absolute atomic E-state index is 9.57. The molecule has 0 aliphatic heterocycles. The highest BCUT2D eigenvalue weighted by atomic mass is 16.5. The van der Waals surface area contributed by atoms with Crippen molar-refractivity contribution in [3.63, 3.8) is 0 Å². The lowest BCUT2D eigenvalue weighted by Crippen LogP contribution is -2.32. The first-order chi connectivity index (χ1) is 8.01. The Balaban J connectivity index is 2.52. The van der Waals surface area contributed by atoms with Gasteiger partial charge in [-0.3, -0.25) is 4.90 Å². The molecule has 0 aromatic carbocycles. The summed E-state index contributed by atoms with van der Waals surface area (Å²) in [7, 11) is 3.45. The average molecular weight is 240 g/mol. The van der Waals surface area contributed by atoms with Gasteiger partial charge >= 0.3 is 0 Å². The highest BCUT2D eigenvalue weighted by molar-refractivity contribution is 5.29. The number of aliphatic hydroxyl groups excluding tert-OH is 1. The van der Waals surface area contributed by atoms with E-state index in [-0.39, 0.29) is 0 Å². The molecule has 0 aliphatic rings. The smallest absolute Gasteiger partial charge is 0.144 e. The number of anilines is 1. The Morgan fingerprint density at radius 1 is 1.53 bits per heavy atom. The molecule has 6 heteroatoms. The Morgan fingerprint density at radius 3 is 2.82 bits per heavy atom. The van der Waals surface area contributed by atoms with Crippen LogP contribution in [0.15, 0.2) is 6.07 Å². The summed E-state index contributed by atoms with van der Waals surface area (Å²) < 4.78 is 4.87. The molecule has 1 atom stereocenters. The molecule has 0 saturated heterocycles. The maximum atomic E-state index is 9.57. The van der Waals surface area contributed by atoms with Crippen molar-refractivity contribution in [3.05, 3.63) is 17.6 Å². The van der Waals surface area contributed by atoms with Crippen molar-refractivity contribution >= 4 is 5.82 Å². The van der Waals surface area contributed by atoms with Crippen molar-refractivity contribution < 1.29 is 9.84 Å². The van der Waals surface area contributed by atoms with Crippen LogP contribution in [-0.2, 0) is 11.3 Å². The van der Waals surface area contributed by atoms with Crippen LogP contribution in [-0.4, -0.2) is 53.4 Å². The molecule has 17 heavy (non-hydrogen) atoms. The normalized spacial score (nSPS) is 13.0. The molecule has 1 unspecified atom stereocenters. The number of hydrogen-bond acceptors (Lipinski definition) is 6. The van der Waals surface area contributed by atoms with E-state index in [0.29, 0.717) is 31.3 Å². The molecule has 96 valence electrons. The Labute approximate surface area is 101 Å². The van der Waals surface area contributed by atoms with Crippen molar-refractivity contribution in [1.82, 2.24) is 14.9 Å². The van der Waals surface area contributed by atoms with Crippen LogP contribution in [0.5, 0.6) is 0 Å². The third-order valence-electron chi connectivity index (χ3n) is 2.21. The molecule has 0 fully saturated rings. The first kappa shape index (κ1) is 13.8. The largest absolute Gasteiger partial charge is 0.389 e. The predicted molar refractivity (Wildman–Crippen MR) is 65.4 cm³/mol. The summed E-state index contributed by atoms with van der Waals surface area (Å²) in [6.07, 6.45) is -0.507. The quantitative estimate of drug-likeness (QED) is 0.716. The van der Waals surface area contributed by atoms with E-state index in [0.717, 1.165) is 5.69 Å². The lowest BCUT2D eigenvalue weighted by molar-refractivity contribution is 0.0414. The van der Waals surface area contributed by atoms with Gasteiger partial charge in [-0.15, -0.1) is 0 Å².